The molecule has 1 aromatic heterocycles. The normalized spacial score (nSPS) is 11.0. The molecule has 2 heteroatoms. The molecule has 0 N–H and O–H groups in total. The molecule has 0 aliphatic heterocycles. The maximum Gasteiger partial charge on any atom is 0.192 e. The fraction of sp³-hybridized carbons (Fsp3) is 0.364. The molecule has 0 bridgehead atoms. The lowest BCUT2D eigenvalue weighted by atomic mass is 10.1. The van der Waals surface area contributed by atoms with E-state index in [1.165, 1.54) is 11.1 Å². The van der Waals surface area contributed by atoms with Gasteiger partial charge in [-0.15, -0.1) is 0 Å². The van der Waals surface area contributed by atoms with Crippen LogP contribution in [-0.2, 0) is 6.42 Å². The lowest BCUT2D eigenvalue weighted by Crippen LogP contribution is -1.83. The molecule has 0 spiro atoms. The Balaban J connectivity index is 2.80. The number of rotatable bonds is 1. The minimum Gasteiger partial charge on any atom is -0.441 e. The van der Waals surface area contributed by atoms with Crippen molar-refractivity contribution >= 4 is 11.1 Å². The van der Waals surface area contributed by atoms with Crippen LogP contribution in [0.25, 0.3) is 11.1 Å². The molecule has 0 aliphatic rings. The van der Waals surface area contributed by atoms with E-state index in [4.69, 9.17) is 4.42 Å². The van der Waals surface area contributed by atoms with Crippen molar-refractivity contribution in [2.45, 2.75) is 27.2 Å². The number of aromatic nitrogens is 1. The fourth-order valence-electron chi connectivity index (χ4n) is 1.63. The van der Waals surface area contributed by atoms with E-state index in [-0.39, 0.29) is 0 Å². The molecular formula is C11H13NO. The molecule has 0 saturated heterocycles. The summed E-state index contributed by atoms with van der Waals surface area (Å²) in [6, 6.07) is 4.22. The SMILES string of the molecule is CCc1cc(C)cc2nc(C)oc12. The molecule has 2 aromatic rings. The minimum absolute atomic E-state index is 0.746. The summed E-state index contributed by atoms with van der Waals surface area (Å²) in [7, 11) is 0. The van der Waals surface area contributed by atoms with Crippen LogP contribution in [0.1, 0.15) is 23.9 Å². The molecule has 1 heterocycles. The first-order valence-corrected chi connectivity index (χ1v) is 4.57. The van der Waals surface area contributed by atoms with Crippen molar-refractivity contribution in [3.63, 3.8) is 0 Å². The van der Waals surface area contributed by atoms with Gasteiger partial charge in [-0.25, -0.2) is 4.98 Å². The average Bonchev–Trinajstić information content (AvgIpc) is 2.43. The summed E-state index contributed by atoms with van der Waals surface area (Å²) in [5.41, 5.74) is 4.42. The summed E-state index contributed by atoms with van der Waals surface area (Å²) in [4.78, 5) is 4.32. The number of hydrogen-bond donors (Lipinski definition) is 0. The Morgan fingerprint density at radius 1 is 1.31 bits per heavy atom. The number of hydrogen-bond acceptors (Lipinski definition) is 2. The maximum atomic E-state index is 5.53. The van der Waals surface area contributed by atoms with Crippen molar-refractivity contribution in [1.82, 2.24) is 4.98 Å². The third-order valence-corrected chi connectivity index (χ3v) is 2.20. The van der Waals surface area contributed by atoms with E-state index in [0.29, 0.717) is 0 Å². The minimum atomic E-state index is 0.746. The van der Waals surface area contributed by atoms with Crippen LogP contribution in [0, 0.1) is 13.8 Å². The second-order valence-corrected chi connectivity index (χ2v) is 3.36. The van der Waals surface area contributed by atoms with Crippen molar-refractivity contribution in [2.24, 2.45) is 0 Å². The summed E-state index contributed by atoms with van der Waals surface area (Å²) < 4.78 is 5.53. The fourth-order valence-corrected chi connectivity index (χ4v) is 1.63. The standard InChI is InChI=1S/C11H13NO/c1-4-9-5-7(2)6-10-11(9)13-8(3)12-10/h5-6H,4H2,1-3H3. The molecule has 1 aromatic carbocycles. The van der Waals surface area contributed by atoms with Gasteiger partial charge < -0.3 is 4.42 Å². The van der Waals surface area contributed by atoms with Crippen molar-refractivity contribution in [3.8, 4) is 0 Å². The zero-order valence-electron chi connectivity index (χ0n) is 8.22. The van der Waals surface area contributed by atoms with E-state index in [9.17, 15) is 0 Å². The highest BCUT2D eigenvalue weighted by Gasteiger charge is 2.06. The zero-order valence-corrected chi connectivity index (χ0v) is 8.22. The molecule has 0 fully saturated rings. The Hall–Kier alpha value is -1.31. The number of nitrogens with zero attached hydrogens (tertiary/aromatic N) is 1. The highest BCUT2D eigenvalue weighted by atomic mass is 16.3. The first-order valence-electron chi connectivity index (χ1n) is 4.57. The molecule has 68 valence electrons. The van der Waals surface area contributed by atoms with Crippen LogP contribution >= 0.6 is 0 Å². The third kappa shape index (κ3) is 1.32. The van der Waals surface area contributed by atoms with E-state index in [1.807, 2.05) is 6.92 Å². The van der Waals surface area contributed by atoms with Crippen molar-refractivity contribution in [2.75, 3.05) is 0 Å². The number of benzene rings is 1. The van der Waals surface area contributed by atoms with E-state index in [0.717, 1.165) is 23.4 Å². The quantitative estimate of drug-likeness (QED) is 0.665. The predicted octanol–water partition coefficient (Wildman–Crippen LogP) is 3.01. The molecule has 0 saturated carbocycles. The Morgan fingerprint density at radius 2 is 2.08 bits per heavy atom. The second-order valence-electron chi connectivity index (χ2n) is 3.36. The number of oxazole rings is 1. The summed E-state index contributed by atoms with van der Waals surface area (Å²) >= 11 is 0. The zero-order chi connectivity index (χ0) is 9.42. The highest BCUT2D eigenvalue weighted by Crippen LogP contribution is 2.21. The summed E-state index contributed by atoms with van der Waals surface area (Å²) in [6.45, 7) is 6.10. The van der Waals surface area contributed by atoms with Crippen molar-refractivity contribution < 1.29 is 4.42 Å². The monoisotopic (exact) mass is 175 g/mol. The molecular weight excluding hydrogens is 162 g/mol. The van der Waals surface area contributed by atoms with Crippen molar-refractivity contribution in [3.05, 3.63) is 29.2 Å². The first-order chi connectivity index (χ1) is 6.20. The molecule has 13 heavy (non-hydrogen) atoms. The van der Waals surface area contributed by atoms with Gasteiger partial charge in [0.1, 0.15) is 5.52 Å². The molecule has 0 amide bonds. The van der Waals surface area contributed by atoms with E-state index in [1.54, 1.807) is 0 Å². The largest absolute Gasteiger partial charge is 0.441 e. The van der Waals surface area contributed by atoms with Crippen molar-refractivity contribution in [1.29, 1.82) is 0 Å². The van der Waals surface area contributed by atoms with Crippen LogP contribution in [0.15, 0.2) is 16.5 Å². The molecule has 0 unspecified atom stereocenters. The van der Waals surface area contributed by atoms with Gasteiger partial charge in [0.25, 0.3) is 0 Å². The summed E-state index contributed by atoms with van der Waals surface area (Å²) in [5.74, 6) is 0.746. The van der Waals surface area contributed by atoms with Gasteiger partial charge in [-0.2, -0.15) is 0 Å². The van der Waals surface area contributed by atoms with Gasteiger partial charge in [0.2, 0.25) is 0 Å². The average molecular weight is 175 g/mol. The third-order valence-electron chi connectivity index (χ3n) is 2.20. The van der Waals surface area contributed by atoms with Crippen LogP contribution in [0.4, 0.5) is 0 Å². The van der Waals surface area contributed by atoms with Gasteiger partial charge in [0, 0.05) is 6.92 Å². The van der Waals surface area contributed by atoms with Gasteiger partial charge in [-0.1, -0.05) is 13.0 Å². The maximum absolute atomic E-state index is 5.53. The summed E-state index contributed by atoms with van der Waals surface area (Å²) in [6.07, 6.45) is 0.993. The van der Waals surface area contributed by atoms with Gasteiger partial charge in [0.05, 0.1) is 0 Å². The van der Waals surface area contributed by atoms with Gasteiger partial charge in [-0.05, 0) is 30.5 Å². The molecule has 0 atom stereocenters. The topological polar surface area (TPSA) is 26.0 Å². The molecule has 0 aliphatic carbocycles. The highest BCUT2D eigenvalue weighted by molar-refractivity contribution is 5.77. The lowest BCUT2D eigenvalue weighted by molar-refractivity contribution is 0.558. The Labute approximate surface area is 77.6 Å². The van der Waals surface area contributed by atoms with E-state index < -0.39 is 0 Å². The Kier molecular flexibility index (Phi) is 1.83. The van der Waals surface area contributed by atoms with Crippen LogP contribution in [0.2, 0.25) is 0 Å². The molecule has 2 nitrogen and oxygen atoms in total. The first kappa shape index (κ1) is 8.30. The van der Waals surface area contributed by atoms with Crippen LogP contribution in [0.5, 0.6) is 0 Å². The molecule has 0 radical (unpaired) electrons. The van der Waals surface area contributed by atoms with E-state index >= 15 is 0 Å². The van der Waals surface area contributed by atoms with Gasteiger partial charge in [-0.3, -0.25) is 0 Å². The molecule has 2 rings (SSSR count). The van der Waals surface area contributed by atoms with E-state index in [2.05, 4.69) is 31.0 Å². The number of aryl methyl sites for hydroxylation is 3. The lowest BCUT2D eigenvalue weighted by Gasteiger charge is -1.98. The Morgan fingerprint density at radius 3 is 2.77 bits per heavy atom. The van der Waals surface area contributed by atoms with Crippen LogP contribution in [-0.4, -0.2) is 4.98 Å². The van der Waals surface area contributed by atoms with Crippen LogP contribution in [0.3, 0.4) is 0 Å². The predicted molar refractivity (Wildman–Crippen MR) is 52.9 cm³/mol. The Bertz CT molecular complexity index is 443. The van der Waals surface area contributed by atoms with Crippen LogP contribution < -0.4 is 0 Å². The smallest absolute Gasteiger partial charge is 0.192 e. The van der Waals surface area contributed by atoms with Gasteiger partial charge >= 0.3 is 0 Å². The van der Waals surface area contributed by atoms with Gasteiger partial charge in [0.15, 0.2) is 11.5 Å². The second kappa shape index (κ2) is 2.87. The number of fused-ring (bicyclic) bond motifs is 1. The summed E-state index contributed by atoms with van der Waals surface area (Å²) in [5, 5.41) is 0.